The number of rotatable bonds is 9. The van der Waals surface area contributed by atoms with Gasteiger partial charge in [-0.25, -0.2) is 4.79 Å². The van der Waals surface area contributed by atoms with E-state index < -0.39 is 51.8 Å². The Morgan fingerprint density at radius 3 is 2.50 bits per heavy atom. The molecule has 3 aromatic rings. The smallest absolute Gasteiger partial charge is 0.352 e. The van der Waals surface area contributed by atoms with Crippen LogP contribution >= 0.6 is 46.1 Å². The molecule has 216 valence electrons. The summed E-state index contributed by atoms with van der Waals surface area (Å²) in [6, 6.07) is 11.5. The third-order valence-corrected chi connectivity index (χ3v) is 9.58. The number of carboxylic acid groups (broad SMARTS) is 1. The van der Waals surface area contributed by atoms with Gasteiger partial charge in [-0.3, -0.25) is 18.7 Å². The highest BCUT2D eigenvalue weighted by Crippen LogP contribution is 2.40. The standard InChI is InChI=1S/C28H19Cl3N2O7S2/c1-2-19(39-22-11-15(30)6-8-21(22)40-20-7-5-14(29)10-18(20)31)17-13-42(38)27-24(26(35)33(27)25(17)28(36)37)32-23(34)12-16-4-3-9-41-16/h1,3-11,19,24,27H,12-13H2,(H,32,34)(H,36,37)/t19?,24?,27-,42?/m0/s1. The van der Waals surface area contributed by atoms with Crippen LogP contribution in [0.5, 0.6) is 17.2 Å². The summed E-state index contributed by atoms with van der Waals surface area (Å²) >= 11 is 19.8. The Morgan fingerprint density at radius 2 is 1.86 bits per heavy atom. The van der Waals surface area contributed by atoms with Crippen molar-refractivity contribution in [1.82, 2.24) is 10.2 Å². The van der Waals surface area contributed by atoms with Crippen molar-refractivity contribution < 1.29 is 33.2 Å². The lowest BCUT2D eigenvalue weighted by atomic mass is 10.00. The van der Waals surface area contributed by atoms with Crippen LogP contribution in [-0.2, 0) is 31.6 Å². The van der Waals surface area contributed by atoms with Gasteiger partial charge in [0.1, 0.15) is 22.9 Å². The van der Waals surface area contributed by atoms with Gasteiger partial charge in [-0.1, -0.05) is 46.8 Å². The van der Waals surface area contributed by atoms with Crippen LogP contribution in [0.15, 0.2) is 65.2 Å². The second-order valence-corrected chi connectivity index (χ2v) is 12.9. The average molecular weight is 666 g/mol. The lowest BCUT2D eigenvalue weighted by molar-refractivity contribution is -0.151. The number of fused-ring (bicyclic) bond motifs is 1. The predicted octanol–water partition coefficient (Wildman–Crippen LogP) is 4.88. The summed E-state index contributed by atoms with van der Waals surface area (Å²) in [7, 11) is -1.82. The number of ether oxygens (including phenoxy) is 2. The fourth-order valence-corrected chi connectivity index (χ4v) is 7.48. The van der Waals surface area contributed by atoms with Crippen molar-refractivity contribution in [3.05, 3.63) is 85.1 Å². The molecule has 0 bridgehead atoms. The summed E-state index contributed by atoms with van der Waals surface area (Å²) in [5, 5.41) is 14.3. The monoisotopic (exact) mass is 664 g/mol. The minimum atomic E-state index is -1.82. The second-order valence-electron chi connectivity index (χ2n) is 9.04. The first kappa shape index (κ1) is 29.9. The third kappa shape index (κ3) is 6.00. The zero-order chi connectivity index (χ0) is 30.1. The number of amides is 2. The summed E-state index contributed by atoms with van der Waals surface area (Å²) in [6.45, 7) is 0. The molecule has 0 radical (unpaired) electrons. The molecule has 2 aliphatic rings. The maximum absolute atomic E-state index is 13.3. The van der Waals surface area contributed by atoms with E-state index in [0.717, 1.165) is 9.78 Å². The molecule has 2 amide bonds. The number of halogens is 3. The molecule has 3 unspecified atom stereocenters. The molecule has 0 aliphatic carbocycles. The Hall–Kier alpha value is -3.53. The molecule has 1 aromatic heterocycles. The van der Waals surface area contributed by atoms with Crippen LogP contribution in [0.3, 0.4) is 0 Å². The van der Waals surface area contributed by atoms with Crippen molar-refractivity contribution in [2.75, 3.05) is 5.75 Å². The topological polar surface area (TPSA) is 122 Å². The number of hydrogen-bond donors (Lipinski definition) is 2. The molecular weight excluding hydrogens is 647 g/mol. The SMILES string of the molecule is C#CC(Oc1cc(Cl)ccc1Oc1ccc(Cl)cc1Cl)C1=C(C(=O)O)N2C(=O)C(NC(=O)Cc3cccs3)[C@@H]2S(=O)C1. The first-order valence-corrected chi connectivity index (χ1v) is 15.5. The van der Waals surface area contributed by atoms with Gasteiger partial charge in [-0.15, -0.1) is 17.8 Å². The zero-order valence-corrected chi connectivity index (χ0v) is 25.1. The molecule has 0 spiro atoms. The van der Waals surface area contributed by atoms with E-state index in [1.54, 1.807) is 24.3 Å². The fourth-order valence-electron chi connectivity index (χ4n) is 4.47. The number of aliphatic carboxylic acids is 1. The largest absolute Gasteiger partial charge is 0.477 e. The number of benzene rings is 2. The number of thiophene rings is 1. The van der Waals surface area contributed by atoms with Gasteiger partial charge in [-0.05, 0) is 41.8 Å². The minimum Gasteiger partial charge on any atom is -0.477 e. The molecular formula is C28H19Cl3N2O7S2. The summed E-state index contributed by atoms with van der Waals surface area (Å²) in [4.78, 5) is 39.7. The van der Waals surface area contributed by atoms with Crippen molar-refractivity contribution in [3.63, 3.8) is 0 Å². The van der Waals surface area contributed by atoms with Gasteiger partial charge in [-0.2, -0.15) is 0 Å². The lowest BCUT2D eigenvalue weighted by Gasteiger charge is -2.49. The highest BCUT2D eigenvalue weighted by atomic mass is 35.5. The maximum atomic E-state index is 13.3. The van der Waals surface area contributed by atoms with Crippen molar-refractivity contribution in [2.24, 2.45) is 0 Å². The van der Waals surface area contributed by atoms with E-state index in [0.29, 0.717) is 5.02 Å². The molecule has 0 saturated carbocycles. The van der Waals surface area contributed by atoms with E-state index in [9.17, 15) is 23.7 Å². The number of carbonyl (C=O) groups is 3. The molecule has 1 fully saturated rings. The van der Waals surface area contributed by atoms with Crippen molar-refractivity contribution in [2.45, 2.75) is 23.9 Å². The Morgan fingerprint density at radius 1 is 1.14 bits per heavy atom. The van der Waals surface area contributed by atoms with Crippen LogP contribution < -0.4 is 14.8 Å². The number of carboxylic acids is 1. The number of β-lactam (4-membered cyclic amide) rings is 1. The van der Waals surface area contributed by atoms with E-state index in [-0.39, 0.29) is 45.0 Å². The Bertz CT molecular complexity index is 1690. The Balaban J connectivity index is 1.42. The van der Waals surface area contributed by atoms with Gasteiger partial charge in [0.2, 0.25) is 5.91 Å². The van der Waals surface area contributed by atoms with E-state index in [1.807, 2.05) is 5.38 Å². The first-order valence-electron chi connectivity index (χ1n) is 12.1. The number of carbonyl (C=O) groups excluding carboxylic acids is 2. The van der Waals surface area contributed by atoms with Gasteiger partial charge in [0, 0.05) is 26.6 Å². The van der Waals surface area contributed by atoms with Crippen LogP contribution in [0.2, 0.25) is 15.1 Å². The Labute approximate surface area is 261 Å². The van der Waals surface area contributed by atoms with Gasteiger partial charge < -0.3 is 19.9 Å². The first-order chi connectivity index (χ1) is 20.1. The van der Waals surface area contributed by atoms with Gasteiger partial charge in [0.05, 0.1) is 28.0 Å². The fraction of sp³-hybridized carbons (Fsp3) is 0.179. The average Bonchev–Trinajstić information content (AvgIpc) is 3.45. The molecule has 9 nitrogen and oxygen atoms in total. The molecule has 42 heavy (non-hydrogen) atoms. The summed E-state index contributed by atoms with van der Waals surface area (Å²) < 4.78 is 25.2. The van der Waals surface area contributed by atoms with Crippen LogP contribution in [0.4, 0.5) is 0 Å². The van der Waals surface area contributed by atoms with Gasteiger partial charge >= 0.3 is 5.97 Å². The second kappa shape index (κ2) is 12.4. The van der Waals surface area contributed by atoms with E-state index in [2.05, 4.69) is 11.2 Å². The molecule has 3 heterocycles. The molecule has 1 saturated heterocycles. The molecule has 2 aromatic carbocycles. The molecule has 5 rings (SSSR count). The third-order valence-electron chi connectivity index (χ3n) is 6.32. The van der Waals surface area contributed by atoms with Crippen molar-refractivity contribution in [1.29, 1.82) is 0 Å². The normalized spacial score (nSPS) is 20.2. The molecule has 2 N–H and O–H groups in total. The van der Waals surface area contributed by atoms with Crippen LogP contribution in [0, 0.1) is 12.3 Å². The van der Waals surface area contributed by atoms with Gasteiger partial charge in [0.25, 0.3) is 5.91 Å². The van der Waals surface area contributed by atoms with Crippen molar-refractivity contribution >= 4 is 74.7 Å². The predicted molar refractivity (Wildman–Crippen MR) is 159 cm³/mol. The molecule has 14 heteroatoms. The summed E-state index contributed by atoms with van der Waals surface area (Å²) in [5.41, 5.74) is -0.520. The number of hydrogen-bond acceptors (Lipinski definition) is 7. The Kier molecular flexibility index (Phi) is 8.82. The summed E-state index contributed by atoms with van der Waals surface area (Å²) in [6.07, 6.45) is 4.42. The number of terminal acetylenes is 1. The molecule has 2 aliphatic heterocycles. The van der Waals surface area contributed by atoms with Crippen molar-refractivity contribution in [3.8, 4) is 29.6 Å². The van der Waals surface area contributed by atoms with E-state index in [4.69, 9.17) is 50.7 Å². The number of nitrogens with zero attached hydrogens (tertiary/aromatic N) is 1. The van der Waals surface area contributed by atoms with Crippen LogP contribution in [0.25, 0.3) is 0 Å². The zero-order valence-electron chi connectivity index (χ0n) is 21.2. The highest BCUT2D eigenvalue weighted by Gasteiger charge is 2.58. The lowest BCUT2D eigenvalue weighted by Crippen LogP contribution is -2.74. The van der Waals surface area contributed by atoms with Crippen LogP contribution in [-0.4, -0.2) is 55.3 Å². The highest BCUT2D eigenvalue weighted by molar-refractivity contribution is 7.86. The number of nitrogens with one attached hydrogen (secondary N) is 1. The minimum absolute atomic E-state index is 0.0337. The van der Waals surface area contributed by atoms with E-state index >= 15 is 0 Å². The van der Waals surface area contributed by atoms with Gasteiger partial charge in [0.15, 0.2) is 17.6 Å². The van der Waals surface area contributed by atoms with E-state index in [1.165, 1.54) is 35.6 Å². The quantitative estimate of drug-likeness (QED) is 0.247. The molecule has 4 atom stereocenters. The summed E-state index contributed by atoms with van der Waals surface area (Å²) in [5.74, 6) is -0.155. The maximum Gasteiger partial charge on any atom is 0.352 e. The van der Waals surface area contributed by atoms with Crippen LogP contribution in [0.1, 0.15) is 4.88 Å².